The second-order valence-electron chi connectivity index (χ2n) is 8.41. The van der Waals surface area contributed by atoms with Gasteiger partial charge < -0.3 is 14.8 Å². The summed E-state index contributed by atoms with van der Waals surface area (Å²) in [7, 11) is 0. The Labute approximate surface area is 194 Å². The molecule has 0 spiro atoms. The number of amides is 1. The van der Waals surface area contributed by atoms with Crippen molar-refractivity contribution in [2.45, 2.75) is 32.0 Å². The fourth-order valence-electron chi connectivity index (χ4n) is 4.37. The van der Waals surface area contributed by atoms with Crippen molar-refractivity contribution >= 4 is 17.5 Å². The molecule has 172 valence electrons. The van der Waals surface area contributed by atoms with Crippen LogP contribution in [-0.4, -0.2) is 72.7 Å². The largest absolute Gasteiger partial charge is 0.489 e. The van der Waals surface area contributed by atoms with Crippen molar-refractivity contribution in [2.24, 2.45) is 0 Å². The van der Waals surface area contributed by atoms with Crippen LogP contribution in [0.3, 0.4) is 0 Å². The van der Waals surface area contributed by atoms with E-state index >= 15 is 0 Å². The van der Waals surface area contributed by atoms with Crippen LogP contribution in [0, 0.1) is 0 Å². The van der Waals surface area contributed by atoms with Crippen LogP contribution in [0.5, 0.6) is 5.75 Å². The predicted octanol–water partition coefficient (Wildman–Crippen LogP) is 2.90. The molecule has 32 heavy (non-hydrogen) atoms. The van der Waals surface area contributed by atoms with Gasteiger partial charge in [-0.3, -0.25) is 19.6 Å². The maximum Gasteiger partial charge on any atom is 0.221 e. The van der Waals surface area contributed by atoms with Gasteiger partial charge in [0.2, 0.25) is 5.91 Å². The smallest absolute Gasteiger partial charge is 0.221 e. The molecule has 0 radical (unpaired) electrons. The van der Waals surface area contributed by atoms with Crippen LogP contribution in [0.4, 0.5) is 0 Å². The van der Waals surface area contributed by atoms with Gasteiger partial charge in [0.05, 0.1) is 19.3 Å². The molecule has 0 bridgehead atoms. The van der Waals surface area contributed by atoms with Crippen molar-refractivity contribution in [1.29, 1.82) is 0 Å². The molecule has 0 aliphatic carbocycles. The zero-order chi connectivity index (χ0) is 22.3. The standard InChI is InChI=1S/C24H31ClN4O3/c1-18-16-28(17-20-14-21(25)2-3-23(20)32-18)9-6-24(30)27-15-22(19-4-7-26-8-5-19)29-10-12-31-13-11-29/h2-5,7-8,14,18,22H,6,9-13,15-17H2,1H3,(H,27,30)/t18-,22-/m1/s1. The number of carbonyl (C=O) groups is 1. The van der Waals surface area contributed by atoms with Gasteiger partial charge in [0, 0.05) is 68.7 Å². The molecule has 1 amide bonds. The van der Waals surface area contributed by atoms with Crippen molar-refractivity contribution in [2.75, 3.05) is 45.9 Å². The molecular weight excluding hydrogens is 428 g/mol. The van der Waals surface area contributed by atoms with Gasteiger partial charge in [0.25, 0.3) is 0 Å². The minimum atomic E-state index is 0.0536. The number of ether oxygens (including phenoxy) is 2. The monoisotopic (exact) mass is 458 g/mol. The summed E-state index contributed by atoms with van der Waals surface area (Å²) in [4.78, 5) is 21.5. The minimum absolute atomic E-state index is 0.0536. The molecule has 1 aromatic heterocycles. The van der Waals surface area contributed by atoms with Crippen LogP contribution >= 0.6 is 11.6 Å². The molecule has 2 aliphatic rings. The van der Waals surface area contributed by atoms with E-state index in [0.29, 0.717) is 24.5 Å². The summed E-state index contributed by atoms with van der Waals surface area (Å²) in [6.07, 6.45) is 4.10. The topological polar surface area (TPSA) is 66.9 Å². The number of carbonyl (C=O) groups excluding carboxylic acids is 1. The van der Waals surface area contributed by atoms with Crippen LogP contribution in [0.25, 0.3) is 0 Å². The molecule has 1 saturated heterocycles. The molecule has 2 aliphatic heterocycles. The first-order valence-electron chi connectivity index (χ1n) is 11.2. The van der Waals surface area contributed by atoms with E-state index in [9.17, 15) is 4.79 Å². The number of hydrogen-bond donors (Lipinski definition) is 1. The van der Waals surface area contributed by atoms with Crippen molar-refractivity contribution in [1.82, 2.24) is 20.1 Å². The van der Waals surface area contributed by atoms with E-state index in [0.717, 1.165) is 56.3 Å². The fraction of sp³-hybridized carbons (Fsp3) is 0.500. The van der Waals surface area contributed by atoms with Gasteiger partial charge in [-0.25, -0.2) is 0 Å². The highest BCUT2D eigenvalue weighted by Gasteiger charge is 2.24. The zero-order valence-electron chi connectivity index (χ0n) is 18.5. The number of pyridine rings is 1. The molecule has 0 saturated carbocycles. The van der Waals surface area contributed by atoms with Gasteiger partial charge in [-0.15, -0.1) is 0 Å². The summed E-state index contributed by atoms with van der Waals surface area (Å²) in [6, 6.07) is 9.88. The number of halogens is 1. The van der Waals surface area contributed by atoms with Crippen molar-refractivity contribution < 1.29 is 14.3 Å². The average molecular weight is 459 g/mol. The van der Waals surface area contributed by atoms with Gasteiger partial charge in [0.15, 0.2) is 0 Å². The number of morpholine rings is 1. The lowest BCUT2D eigenvalue weighted by molar-refractivity contribution is -0.121. The number of nitrogens with zero attached hydrogens (tertiary/aromatic N) is 3. The molecule has 4 rings (SSSR count). The second kappa shape index (κ2) is 11.1. The molecule has 1 aromatic carbocycles. The van der Waals surface area contributed by atoms with Crippen LogP contribution in [0.15, 0.2) is 42.7 Å². The molecule has 1 N–H and O–H groups in total. The molecular formula is C24H31ClN4O3. The van der Waals surface area contributed by atoms with E-state index in [-0.39, 0.29) is 18.1 Å². The minimum Gasteiger partial charge on any atom is -0.489 e. The molecule has 1 fully saturated rings. The normalized spacial score (nSPS) is 20.6. The van der Waals surface area contributed by atoms with Crippen molar-refractivity contribution in [3.8, 4) is 5.75 Å². The highest BCUT2D eigenvalue weighted by molar-refractivity contribution is 6.30. The van der Waals surface area contributed by atoms with Gasteiger partial charge >= 0.3 is 0 Å². The third-order valence-electron chi connectivity index (χ3n) is 5.98. The van der Waals surface area contributed by atoms with E-state index < -0.39 is 0 Å². The zero-order valence-corrected chi connectivity index (χ0v) is 19.3. The summed E-state index contributed by atoms with van der Waals surface area (Å²) in [5.41, 5.74) is 2.22. The maximum atomic E-state index is 12.7. The summed E-state index contributed by atoms with van der Waals surface area (Å²) >= 11 is 6.17. The van der Waals surface area contributed by atoms with E-state index in [1.807, 2.05) is 30.3 Å². The Kier molecular flexibility index (Phi) is 7.97. The lowest BCUT2D eigenvalue weighted by atomic mass is 10.1. The van der Waals surface area contributed by atoms with Crippen LogP contribution in [0.1, 0.15) is 30.5 Å². The van der Waals surface area contributed by atoms with E-state index in [2.05, 4.69) is 27.0 Å². The molecule has 0 unspecified atom stereocenters. The summed E-state index contributed by atoms with van der Waals surface area (Å²) < 4.78 is 11.5. The Bertz CT molecular complexity index is 892. The average Bonchev–Trinajstić information content (AvgIpc) is 2.96. The Morgan fingerprint density at radius 2 is 2.03 bits per heavy atom. The van der Waals surface area contributed by atoms with Gasteiger partial charge in [0.1, 0.15) is 11.9 Å². The molecule has 7 nitrogen and oxygen atoms in total. The van der Waals surface area contributed by atoms with Gasteiger partial charge in [-0.05, 0) is 42.8 Å². The van der Waals surface area contributed by atoms with Crippen molar-refractivity contribution in [3.05, 3.63) is 58.9 Å². The first kappa shape index (κ1) is 23.0. The lowest BCUT2D eigenvalue weighted by Gasteiger charge is -2.34. The summed E-state index contributed by atoms with van der Waals surface area (Å²) in [5.74, 6) is 0.931. The highest BCUT2D eigenvalue weighted by Crippen LogP contribution is 2.28. The number of benzene rings is 1. The number of fused-ring (bicyclic) bond motifs is 1. The Balaban J connectivity index is 1.32. The van der Waals surface area contributed by atoms with Crippen molar-refractivity contribution in [3.63, 3.8) is 0 Å². The summed E-state index contributed by atoms with van der Waals surface area (Å²) in [5, 5.41) is 3.85. The SMILES string of the molecule is C[C@@H]1CN(CCC(=O)NC[C@H](c2ccncc2)N2CCOCC2)Cc2cc(Cl)ccc2O1. The Hall–Kier alpha value is -2.19. The van der Waals surface area contributed by atoms with Gasteiger partial charge in [-0.1, -0.05) is 11.6 Å². The Morgan fingerprint density at radius 3 is 2.81 bits per heavy atom. The van der Waals surface area contributed by atoms with Gasteiger partial charge in [-0.2, -0.15) is 0 Å². The fourth-order valence-corrected chi connectivity index (χ4v) is 4.57. The third-order valence-corrected chi connectivity index (χ3v) is 6.22. The van der Waals surface area contributed by atoms with E-state index in [1.165, 1.54) is 0 Å². The quantitative estimate of drug-likeness (QED) is 0.688. The second-order valence-corrected chi connectivity index (χ2v) is 8.85. The molecule has 2 atom stereocenters. The lowest BCUT2D eigenvalue weighted by Crippen LogP contribution is -2.44. The first-order valence-corrected chi connectivity index (χ1v) is 11.6. The maximum absolute atomic E-state index is 12.7. The van der Waals surface area contributed by atoms with Crippen LogP contribution < -0.4 is 10.1 Å². The number of rotatable bonds is 7. The number of hydrogen-bond acceptors (Lipinski definition) is 6. The predicted molar refractivity (Wildman–Crippen MR) is 124 cm³/mol. The van der Waals surface area contributed by atoms with Crippen LogP contribution in [0.2, 0.25) is 5.02 Å². The number of nitrogens with one attached hydrogen (secondary N) is 1. The first-order chi connectivity index (χ1) is 15.6. The number of aromatic nitrogens is 1. The van der Waals surface area contributed by atoms with E-state index in [4.69, 9.17) is 21.1 Å². The Morgan fingerprint density at radius 1 is 1.25 bits per heavy atom. The summed E-state index contributed by atoms with van der Waals surface area (Å²) in [6.45, 7) is 7.94. The van der Waals surface area contributed by atoms with E-state index in [1.54, 1.807) is 12.4 Å². The highest BCUT2D eigenvalue weighted by atomic mass is 35.5. The molecule has 2 aromatic rings. The molecule has 8 heteroatoms. The molecule has 3 heterocycles. The van der Waals surface area contributed by atoms with Crippen LogP contribution in [-0.2, 0) is 16.1 Å². The third kappa shape index (κ3) is 6.19.